The summed E-state index contributed by atoms with van der Waals surface area (Å²) in [6.45, 7) is 1.48. The van der Waals surface area contributed by atoms with Crippen molar-refractivity contribution in [3.05, 3.63) is 40.8 Å². The number of rotatable bonds is 3. The minimum atomic E-state index is -3.98. The summed E-state index contributed by atoms with van der Waals surface area (Å²) < 4.78 is 22.9. The molecular formula is C11H14N3O5P. The van der Waals surface area contributed by atoms with E-state index in [-0.39, 0.29) is 5.75 Å². The number of aliphatic hydroxyl groups is 2. The third-order valence-corrected chi connectivity index (χ3v) is 4.98. The van der Waals surface area contributed by atoms with Gasteiger partial charge in [0.25, 0.3) is 0 Å². The lowest BCUT2D eigenvalue weighted by Gasteiger charge is -2.38. The summed E-state index contributed by atoms with van der Waals surface area (Å²) in [5.74, 6) is -1.54. The molecule has 1 fully saturated rings. The average Bonchev–Trinajstić information content (AvgIpc) is 2.42. The Morgan fingerprint density at radius 1 is 1.40 bits per heavy atom. The molecule has 2 rings (SSSR count). The fraction of sp³-hybridized carbons (Fsp3) is 0.455. The van der Waals surface area contributed by atoms with E-state index in [4.69, 9.17) is 14.6 Å². The second-order valence-electron chi connectivity index (χ2n) is 4.35. The highest BCUT2D eigenvalue weighted by Crippen LogP contribution is 2.57. The van der Waals surface area contributed by atoms with Gasteiger partial charge >= 0.3 is 7.60 Å². The van der Waals surface area contributed by atoms with Crippen LogP contribution in [0.15, 0.2) is 35.4 Å². The van der Waals surface area contributed by atoms with Gasteiger partial charge in [-0.2, -0.15) is 0 Å². The van der Waals surface area contributed by atoms with Crippen molar-refractivity contribution in [2.24, 2.45) is 5.11 Å². The number of hydrogen-bond donors (Lipinski definition) is 2. The predicted octanol–water partition coefficient (Wildman–Crippen LogP) is 2.04. The van der Waals surface area contributed by atoms with Crippen LogP contribution in [0.25, 0.3) is 10.4 Å². The van der Waals surface area contributed by atoms with E-state index in [9.17, 15) is 14.8 Å². The lowest BCUT2D eigenvalue weighted by Crippen LogP contribution is -2.48. The number of benzene rings is 1. The molecule has 0 spiro atoms. The van der Waals surface area contributed by atoms with Crippen molar-refractivity contribution in [1.82, 2.24) is 0 Å². The third kappa shape index (κ3) is 2.80. The smallest absolute Gasteiger partial charge is 0.410 e. The summed E-state index contributed by atoms with van der Waals surface area (Å²) in [7, 11) is -3.98. The van der Waals surface area contributed by atoms with E-state index in [1.807, 2.05) is 0 Å². The Morgan fingerprint density at radius 2 is 2.05 bits per heavy atom. The summed E-state index contributed by atoms with van der Waals surface area (Å²) in [6, 6.07) is 7.15. The van der Waals surface area contributed by atoms with Crippen LogP contribution in [0.3, 0.4) is 0 Å². The van der Waals surface area contributed by atoms with Crippen molar-refractivity contribution >= 4 is 7.60 Å². The normalized spacial score (nSPS) is 37.0. The van der Waals surface area contributed by atoms with Crippen LogP contribution >= 0.6 is 7.60 Å². The first-order chi connectivity index (χ1) is 9.48. The molecule has 0 saturated carbocycles. The minimum Gasteiger partial charge on any atom is -0.423 e. The molecule has 9 heteroatoms. The highest BCUT2D eigenvalue weighted by atomic mass is 31.2. The Balaban J connectivity index is 2.25. The van der Waals surface area contributed by atoms with E-state index >= 15 is 0 Å². The molecule has 1 aromatic rings. The van der Waals surface area contributed by atoms with Gasteiger partial charge in [0, 0.05) is 4.91 Å². The average molecular weight is 299 g/mol. The van der Waals surface area contributed by atoms with E-state index in [0.29, 0.717) is 0 Å². The van der Waals surface area contributed by atoms with Crippen LogP contribution in [-0.4, -0.2) is 34.3 Å². The quantitative estimate of drug-likeness (QED) is 0.382. The number of nitrogens with zero attached hydrogens (tertiary/aromatic N) is 3. The molecule has 1 aliphatic heterocycles. The van der Waals surface area contributed by atoms with Crippen LogP contribution in [0, 0.1) is 0 Å². The van der Waals surface area contributed by atoms with Crippen LogP contribution in [0.4, 0.5) is 0 Å². The summed E-state index contributed by atoms with van der Waals surface area (Å²) in [4.78, 5) is 2.57. The monoisotopic (exact) mass is 299 g/mol. The van der Waals surface area contributed by atoms with Gasteiger partial charge in [-0.05, 0) is 24.6 Å². The first kappa shape index (κ1) is 14.8. The summed E-state index contributed by atoms with van der Waals surface area (Å²) in [5.41, 5.74) is 8.42. The van der Waals surface area contributed by atoms with Gasteiger partial charge in [-0.1, -0.05) is 23.3 Å². The SMILES string of the molecule is C[C@H]1OP(=O)(Oc2ccccc2)[C@H](O)[C@H](O)[C@H]1N=[N+]=[N-]. The zero-order chi connectivity index (χ0) is 14.8. The molecule has 0 radical (unpaired) electrons. The van der Waals surface area contributed by atoms with Crippen molar-refractivity contribution in [3.63, 3.8) is 0 Å². The number of azide groups is 1. The Hall–Kier alpha value is -1.56. The molecule has 108 valence electrons. The molecule has 8 nitrogen and oxygen atoms in total. The lowest BCUT2D eigenvalue weighted by molar-refractivity contribution is -0.0281. The van der Waals surface area contributed by atoms with Gasteiger partial charge in [-0.15, -0.1) is 0 Å². The second kappa shape index (κ2) is 5.83. The molecule has 1 saturated heterocycles. The van der Waals surface area contributed by atoms with Gasteiger partial charge in [0.2, 0.25) is 0 Å². The molecule has 0 amide bonds. The van der Waals surface area contributed by atoms with E-state index in [1.54, 1.807) is 30.3 Å². The standard InChI is InChI=1S/C11H14N3O5P/c1-7-9(13-14-12)10(15)11(16)20(17,18-7)19-8-5-3-2-4-6-8/h2-7,9-11,15-16H,1H3/t7-,9+,10-,11+,20?/m1/s1. The summed E-state index contributed by atoms with van der Waals surface area (Å²) >= 11 is 0. The fourth-order valence-electron chi connectivity index (χ4n) is 1.92. The Labute approximate surface area is 115 Å². The second-order valence-corrected chi connectivity index (χ2v) is 6.36. The molecule has 2 N–H and O–H groups in total. The zero-order valence-electron chi connectivity index (χ0n) is 10.6. The van der Waals surface area contributed by atoms with Crippen molar-refractivity contribution in [2.45, 2.75) is 31.0 Å². The highest BCUT2D eigenvalue weighted by molar-refractivity contribution is 7.55. The first-order valence-electron chi connectivity index (χ1n) is 5.91. The molecule has 0 aromatic heterocycles. The van der Waals surface area contributed by atoms with Gasteiger partial charge in [0.15, 0.2) is 5.85 Å². The highest BCUT2D eigenvalue weighted by Gasteiger charge is 2.52. The summed E-state index contributed by atoms with van der Waals surface area (Å²) in [5, 5.41) is 23.2. The fourth-order valence-corrected chi connectivity index (χ4v) is 3.75. The molecule has 1 heterocycles. The third-order valence-electron chi connectivity index (χ3n) is 2.93. The minimum absolute atomic E-state index is 0.247. The number of aliphatic hydroxyl groups excluding tert-OH is 2. The van der Waals surface area contributed by atoms with Gasteiger partial charge in [0.1, 0.15) is 11.9 Å². The number of para-hydroxylation sites is 1. The molecule has 1 aromatic carbocycles. The van der Waals surface area contributed by atoms with Crippen LogP contribution in [0.1, 0.15) is 6.92 Å². The van der Waals surface area contributed by atoms with Crippen LogP contribution < -0.4 is 4.52 Å². The van der Waals surface area contributed by atoms with Gasteiger partial charge in [-0.3, -0.25) is 4.52 Å². The first-order valence-corrected chi connectivity index (χ1v) is 7.52. The topological polar surface area (TPSA) is 125 Å². The van der Waals surface area contributed by atoms with Crippen LogP contribution in [-0.2, 0) is 9.09 Å². The van der Waals surface area contributed by atoms with E-state index in [2.05, 4.69) is 10.0 Å². The van der Waals surface area contributed by atoms with E-state index in [1.165, 1.54) is 6.92 Å². The number of hydrogen-bond acceptors (Lipinski definition) is 6. The summed E-state index contributed by atoms with van der Waals surface area (Å²) in [6.07, 6.45) is -2.37. The Bertz CT molecular complexity index is 562. The molecule has 5 atom stereocenters. The predicted molar refractivity (Wildman–Crippen MR) is 70.2 cm³/mol. The largest absolute Gasteiger partial charge is 0.423 e. The van der Waals surface area contributed by atoms with Gasteiger partial charge in [-0.25, -0.2) is 4.57 Å². The van der Waals surface area contributed by atoms with Crippen molar-refractivity contribution in [3.8, 4) is 5.75 Å². The molecule has 1 unspecified atom stereocenters. The zero-order valence-corrected chi connectivity index (χ0v) is 11.5. The van der Waals surface area contributed by atoms with E-state index < -0.39 is 31.7 Å². The maximum absolute atomic E-state index is 12.5. The maximum Gasteiger partial charge on any atom is 0.410 e. The van der Waals surface area contributed by atoms with Crippen LogP contribution in [0.5, 0.6) is 5.75 Å². The van der Waals surface area contributed by atoms with Crippen LogP contribution in [0.2, 0.25) is 0 Å². The van der Waals surface area contributed by atoms with Crippen molar-refractivity contribution in [1.29, 1.82) is 0 Å². The van der Waals surface area contributed by atoms with Crippen molar-refractivity contribution < 1.29 is 23.8 Å². The molecular weight excluding hydrogens is 285 g/mol. The van der Waals surface area contributed by atoms with E-state index in [0.717, 1.165) is 0 Å². The molecule has 20 heavy (non-hydrogen) atoms. The van der Waals surface area contributed by atoms with Gasteiger partial charge in [0.05, 0.1) is 12.1 Å². The van der Waals surface area contributed by atoms with Crippen molar-refractivity contribution in [2.75, 3.05) is 0 Å². The molecule has 0 bridgehead atoms. The Kier molecular flexibility index (Phi) is 4.32. The Morgan fingerprint density at radius 3 is 2.65 bits per heavy atom. The lowest BCUT2D eigenvalue weighted by atomic mass is 10.1. The molecule has 0 aliphatic carbocycles. The van der Waals surface area contributed by atoms with Gasteiger partial charge < -0.3 is 14.7 Å². The molecule has 1 aliphatic rings. The maximum atomic E-state index is 12.5.